The smallest absolute Gasteiger partial charge is 0.407 e. The number of carbonyl (C=O) groups is 3. The van der Waals surface area contributed by atoms with E-state index >= 15 is 0 Å². The molecule has 1 aliphatic heterocycles. The number of hydrogen-bond donors (Lipinski definition) is 2. The average Bonchev–Trinajstić information content (AvgIpc) is 3.42. The monoisotopic (exact) mass is 544 g/mol. The lowest BCUT2D eigenvalue weighted by Gasteiger charge is -2.26. The van der Waals surface area contributed by atoms with Crippen molar-refractivity contribution >= 4 is 26.0 Å². The number of aryl methyl sites for hydroxylation is 1. The van der Waals surface area contributed by atoms with Crippen LogP contribution in [0.1, 0.15) is 49.7 Å². The van der Waals surface area contributed by atoms with Crippen LogP contribution in [0.15, 0.2) is 60.7 Å². The first kappa shape index (κ1) is 29.4. The molecule has 0 bridgehead atoms. The van der Waals surface area contributed by atoms with Crippen molar-refractivity contribution in [3.63, 3.8) is 0 Å². The SMILES string of the molecule is O=C(NCCCC[C@H](O[PH](=O)CCCc1ccccc1)C(=O)N1CCC[C@H]1C(=O)O)OCc1ccccc1. The molecule has 0 saturated carbocycles. The number of carboxylic acid groups (broad SMARTS) is 1. The molecule has 1 aliphatic rings. The molecular weight excluding hydrogens is 507 g/mol. The molecule has 38 heavy (non-hydrogen) atoms. The second-order valence-corrected chi connectivity index (χ2v) is 10.8. The summed E-state index contributed by atoms with van der Waals surface area (Å²) in [4.78, 5) is 38.1. The summed E-state index contributed by atoms with van der Waals surface area (Å²) < 4.78 is 23.7. The number of amides is 2. The zero-order valence-electron chi connectivity index (χ0n) is 21.6. The molecule has 3 rings (SSSR count). The highest BCUT2D eigenvalue weighted by Crippen LogP contribution is 2.30. The first-order chi connectivity index (χ1) is 18.4. The maximum atomic E-state index is 13.2. The third-order valence-corrected chi connectivity index (χ3v) is 7.74. The quantitative estimate of drug-likeness (QED) is 0.247. The highest BCUT2D eigenvalue weighted by Gasteiger charge is 2.37. The number of ether oxygens (including phenoxy) is 1. The lowest BCUT2D eigenvalue weighted by Crippen LogP contribution is -2.45. The molecular formula is C28H37N2O7P. The zero-order chi connectivity index (χ0) is 27.2. The van der Waals surface area contributed by atoms with Crippen LogP contribution in [0.2, 0.25) is 0 Å². The molecule has 3 atom stereocenters. The number of unbranched alkanes of at least 4 members (excludes halogenated alkanes) is 1. The molecule has 1 unspecified atom stereocenters. The second-order valence-electron chi connectivity index (χ2n) is 9.33. The van der Waals surface area contributed by atoms with Gasteiger partial charge in [-0.1, -0.05) is 60.7 Å². The van der Waals surface area contributed by atoms with Crippen molar-refractivity contribution in [1.82, 2.24) is 10.2 Å². The summed E-state index contributed by atoms with van der Waals surface area (Å²) in [6.45, 7) is 0.873. The fourth-order valence-electron chi connectivity index (χ4n) is 4.42. The molecule has 10 heteroatoms. The van der Waals surface area contributed by atoms with Gasteiger partial charge < -0.3 is 24.6 Å². The highest BCUT2D eigenvalue weighted by atomic mass is 31.1. The first-order valence-corrected chi connectivity index (χ1v) is 14.7. The van der Waals surface area contributed by atoms with Crippen molar-refractivity contribution < 1.29 is 33.3 Å². The predicted molar refractivity (Wildman–Crippen MR) is 144 cm³/mol. The standard InChI is InChI=1S/C28H37N2O7P/c31-26(30-19-9-16-24(30)27(32)33)25(37-38(35)20-10-15-22-11-3-1-4-12-22)17-7-8-18-29-28(34)36-21-23-13-5-2-6-14-23/h1-6,11-14,24-25,38H,7-10,15-21H2,(H,29,34)(H,32,33)/t24-,25-/m0/s1. The van der Waals surface area contributed by atoms with Crippen LogP contribution in [0.3, 0.4) is 0 Å². The summed E-state index contributed by atoms with van der Waals surface area (Å²) >= 11 is 0. The molecule has 2 aromatic rings. The van der Waals surface area contributed by atoms with Crippen molar-refractivity contribution in [2.75, 3.05) is 19.3 Å². The van der Waals surface area contributed by atoms with Gasteiger partial charge in [0, 0.05) is 19.3 Å². The Morgan fingerprint density at radius 3 is 2.37 bits per heavy atom. The van der Waals surface area contributed by atoms with Gasteiger partial charge in [0.1, 0.15) is 18.8 Å². The minimum atomic E-state index is -2.49. The van der Waals surface area contributed by atoms with Gasteiger partial charge in [0.2, 0.25) is 0 Å². The number of hydrogen-bond acceptors (Lipinski definition) is 6. The molecule has 0 spiro atoms. The first-order valence-electron chi connectivity index (χ1n) is 13.2. The van der Waals surface area contributed by atoms with Gasteiger partial charge in [-0.3, -0.25) is 9.36 Å². The minimum Gasteiger partial charge on any atom is -0.480 e. The summed E-state index contributed by atoms with van der Waals surface area (Å²) in [5.74, 6) is -1.46. The molecule has 0 aromatic heterocycles. The predicted octanol–water partition coefficient (Wildman–Crippen LogP) is 4.65. The van der Waals surface area contributed by atoms with Crippen LogP contribution in [0.5, 0.6) is 0 Å². The minimum absolute atomic E-state index is 0.177. The highest BCUT2D eigenvalue weighted by molar-refractivity contribution is 7.39. The van der Waals surface area contributed by atoms with Gasteiger partial charge in [-0.25, -0.2) is 9.59 Å². The van der Waals surface area contributed by atoms with Gasteiger partial charge >= 0.3 is 12.1 Å². The Bertz CT molecular complexity index is 1050. The summed E-state index contributed by atoms with van der Waals surface area (Å²) in [7, 11) is -2.49. The van der Waals surface area contributed by atoms with Crippen LogP contribution in [-0.4, -0.2) is 59.4 Å². The Morgan fingerprint density at radius 1 is 1.00 bits per heavy atom. The number of benzene rings is 2. The lowest BCUT2D eigenvalue weighted by atomic mass is 10.1. The number of aliphatic carboxylic acids is 1. The third kappa shape index (κ3) is 9.95. The van der Waals surface area contributed by atoms with E-state index in [9.17, 15) is 24.1 Å². The van der Waals surface area contributed by atoms with Gasteiger partial charge in [0.15, 0.2) is 8.03 Å². The van der Waals surface area contributed by atoms with Gasteiger partial charge in [0.05, 0.1) is 0 Å². The van der Waals surface area contributed by atoms with Crippen LogP contribution in [-0.2, 0) is 36.4 Å². The Kier molecular flexibility index (Phi) is 12.3. The fourth-order valence-corrected chi connectivity index (χ4v) is 5.54. The van der Waals surface area contributed by atoms with Crippen LogP contribution >= 0.6 is 8.03 Å². The molecule has 1 heterocycles. The molecule has 9 nitrogen and oxygen atoms in total. The molecule has 206 valence electrons. The van der Waals surface area contributed by atoms with Crippen LogP contribution in [0.25, 0.3) is 0 Å². The number of nitrogens with one attached hydrogen (secondary N) is 1. The van der Waals surface area contributed by atoms with Gasteiger partial charge in [-0.05, 0) is 56.1 Å². The summed E-state index contributed by atoms with van der Waals surface area (Å²) in [6, 6.07) is 18.4. The molecule has 2 N–H and O–H groups in total. The van der Waals surface area contributed by atoms with E-state index < -0.39 is 38.1 Å². The fraction of sp³-hybridized carbons (Fsp3) is 0.464. The van der Waals surface area contributed by atoms with Crippen LogP contribution in [0.4, 0.5) is 4.79 Å². The molecule has 1 fully saturated rings. The molecule has 0 aliphatic carbocycles. The van der Waals surface area contributed by atoms with Crippen molar-refractivity contribution in [2.24, 2.45) is 0 Å². The summed E-state index contributed by atoms with van der Waals surface area (Å²) in [5.41, 5.74) is 2.04. The Balaban J connectivity index is 1.45. The third-order valence-electron chi connectivity index (χ3n) is 6.43. The van der Waals surface area contributed by atoms with Gasteiger partial charge in [-0.2, -0.15) is 0 Å². The van der Waals surface area contributed by atoms with E-state index in [2.05, 4.69) is 5.32 Å². The normalized spacial score (nSPS) is 16.5. The van der Waals surface area contributed by atoms with E-state index in [0.29, 0.717) is 51.4 Å². The van der Waals surface area contributed by atoms with E-state index in [1.54, 1.807) is 0 Å². The number of carboxylic acids is 1. The number of nitrogens with zero attached hydrogens (tertiary/aromatic N) is 1. The van der Waals surface area contributed by atoms with E-state index in [1.807, 2.05) is 60.7 Å². The maximum Gasteiger partial charge on any atom is 0.407 e. The Labute approximate surface area is 224 Å². The summed E-state index contributed by atoms with van der Waals surface area (Å²) in [5, 5.41) is 12.2. The zero-order valence-corrected chi connectivity index (χ0v) is 22.6. The summed E-state index contributed by atoms with van der Waals surface area (Å²) in [6.07, 6.45) is 2.66. The number of alkyl carbamates (subject to hydrolysis) is 1. The van der Waals surface area contributed by atoms with Crippen LogP contribution in [0, 0.1) is 0 Å². The Hall–Kier alpha value is -3.16. The second kappa shape index (κ2) is 15.9. The van der Waals surface area contributed by atoms with Gasteiger partial charge in [-0.15, -0.1) is 0 Å². The molecule has 2 amide bonds. The Morgan fingerprint density at radius 2 is 1.68 bits per heavy atom. The topological polar surface area (TPSA) is 122 Å². The molecule has 0 radical (unpaired) electrons. The van der Waals surface area contributed by atoms with Crippen molar-refractivity contribution in [1.29, 1.82) is 0 Å². The lowest BCUT2D eigenvalue weighted by molar-refractivity contribution is -0.151. The van der Waals surface area contributed by atoms with Crippen molar-refractivity contribution in [3.8, 4) is 0 Å². The van der Waals surface area contributed by atoms with Crippen molar-refractivity contribution in [2.45, 2.75) is 63.7 Å². The van der Waals surface area contributed by atoms with E-state index in [1.165, 1.54) is 4.90 Å². The molecule has 2 aromatic carbocycles. The van der Waals surface area contributed by atoms with Gasteiger partial charge in [0.25, 0.3) is 5.91 Å². The van der Waals surface area contributed by atoms with E-state index in [0.717, 1.165) is 17.5 Å². The van der Waals surface area contributed by atoms with E-state index in [-0.39, 0.29) is 13.0 Å². The van der Waals surface area contributed by atoms with Crippen molar-refractivity contribution in [3.05, 3.63) is 71.8 Å². The number of likely N-dealkylation sites (tertiary alicyclic amines) is 1. The molecule has 1 saturated heterocycles. The van der Waals surface area contributed by atoms with Crippen LogP contribution < -0.4 is 5.32 Å². The number of rotatable bonds is 15. The average molecular weight is 545 g/mol. The maximum absolute atomic E-state index is 13.2. The largest absolute Gasteiger partial charge is 0.480 e. The van der Waals surface area contributed by atoms with E-state index in [4.69, 9.17) is 9.26 Å². The number of carbonyl (C=O) groups excluding carboxylic acids is 2.